The van der Waals surface area contributed by atoms with E-state index in [1.165, 1.54) is 0 Å². The number of hydrogen-bond donors (Lipinski definition) is 2. The van der Waals surface area contributed by atoms with Crippen LogP contribution in [0.15, 0.2) is 30.3 Å². The molecule has 104 valence electrons. The molecule has 1 rings (SSSR count). The smallest absolute Gasteiger partial charge is 0.326 e. The quantitative estimate of drug-likeness (QED) is 0.828. The third kappa shape index (κ3) is 4.73. The fraction of sp³-hybridized carbons (Fsp3) is 0.467. The van der Waals surface area contributed by atoms with Crippen LogP contribution in [0.3, 0.4) is 0 Å². The molecule has 0 aliphatic heterocycles. The zero-order valence-corrected chi connectivity index (χ0v) is 11.6. The lowest BCUT2D eigenvalue weighted by atomic mass is 9.97. The fourth-order valence-electron chi connectivity index (χ4n) is 1.92. The normalized spacial score (nSPS) is 13.9. The maximum Gasteiger partial charge on any atom is 0.326 e. The predicted octanol–water partition coefficient (Wildman–Crippen LogP) is 2.41. The summed E-state index contributed by atoms with van der Waals surface area (Å²) in [6, 6.07) is 8.89. The zero-order chi connectivity index (χ0) is 14.4. The van der Waals surface area contributed by atoms with Crippen LogP contribution in [-0.4, -0.2) is 23.0 Å². The van der Waals surface area contributed by atoms with Gasteiger partial charge in [0.2, 0.25) is 5.91 Å². The highest BCUT2D eigenvalue weighted by Gasteiger charge is 2.24. The van der Waals surface area contributed by atoms with E-state index in [0.717, 1.165) is 5.56 Å². The van der Waals surface area contributed by atoms with E-state index in [1.54, 1.807) is 13.8 Å². The maximum atomic E-state index is 11.9. The lowest BCUT2D eigenvalue weighted by Crippen LogP contribution is -2.44. The number of carboxylic acid groups (broad SMARTS) is 1. The summed E-state index contributed by atoms with van der Waals surface area (Å²) in [6.07, 6.45) is 0.292. The molecule has 0 fully saturated rings. The van der Waals surface area contributed by atoms with E-state index in [2.05, 4.69) is 5.32 Å². The maximum absolute atomic E-state index is 11.9. The molecule has 0 bridgehead atoms. The van der Waals surface area contributed by atoms with Crippen molar-refractivity contribution in [2.24, 2.45) is 5.92 Å². The molecule has 0 aliphatic carbocycles. The van der Waals surface area contributed by atoms with Crippen LogP contribution in [0.2, 0.25) is 0 Å². The van der Waals surface area contributed by atoms with Crippen LogP contribution in [0.5, 0.6) is 0 Å². The summed E-state index contributed by atoms with van der Waals surface area (Å²) in [7, 11) is 0. The number of amides is 1. The highest BCUT2D eigenvalue weighted by molar-refractivity contribution is 5.84. The first-order chi connectivity index (χ1) is 8.91. The highest BCUT2D eigenvalue weighted by atomic mass is 16.4. The SMILES string of the molecule is CC(CC(=O)NC(C(=O)O)C(C)C)c1ccccc1. The van der Waals surface area contributed by atoms with Crippen LogP contribution in [0.1, 0.15) is 38.7 Å². The first kappa shape index (κ1) is 15.2. The van der Waals surface area contributed by atoms with E-state index in [1.807, 2.05) is 37.3 Å². The van der Waals surface area contributed by atoms with E-state index in [-0.39, 0.29) is 17.7 Å². The average molecular weight is 263 g/mol. The van der Waals surface area contributed by atoms with Gasteiger partial charge in [0.15, 0.2) is 0 Å². The van der Waals surface area contributed by atoms with Crippen LogP contribution in [0.25, 0.3) is 0 Å². The van der Waals surface area contributed by atoms with Gasteiger partial charge in [-0.15, -0.1) is 0 Å². The molecule has 1 amide bonds. The van der Waals surface area contributed by atoms with Crippen LogP contribution in [-0.2, 0) is 9.59 Å². The van der Waals surface area contributed by atoms with Gasteiger partial charge in [-0.3, -0.25) is 4.79 Å². The monoisotopic (exact) mass is 263 g/mol. The Balaban J connectivity index is 2.58. The molecule has 0 spiro atoms. The van der Waals surface area contributed by atoms with Crippen LogP contribution in [0.4, 0.5) is 0 Å². The van der Waals surface area contributed by atoms with Gasteiger partial charge in [0.25, 0.3) is 0 Å². The zero-order valence-electron chi connectivity index (χ0n) is 11.6. The van der Waals surface area contributed by atoms with Gasteiger partial charge in [0, 0.05) is 6.42 Å². The van der Waals surface area contributed by atoms with Gasteiger partial charge in [-0.25, -0.2) is 4.79 Å². The molecule has 4 heteroatoms. The van der Waals surface area contributed by atoms with Crippen LogP contribution in [0, 0.1) is 5.92 Å². The molecule has 1 aromatic carbocycles. The summed E-state index contributed by atoms with van der Waals surface area (Å²) in [4.78, 5) is 22.9. The Kier molecular flexibility index (Phi) is 5.55. The van der Waals surface area contributed by atoms with E-state index in [4.69, 9.17) is 5.11 Å². The van der Waals surface area contributed by atoms with Gasteiger partial charge in [-0.2, -0.15) is 0 Å². The van der Waals surface area contributed by atoms with Gasteiger partial charge in [0.1, 0.15) is 6.04 Å². The van der Waals surface area contributed by atoms with Gasteiger partial charge in [0.05, 0.1) is 0 Å². The molecule has 0 heterocycles. The summed E-state index contributed by atoms with van der Waals surface area (Å²) in [5.74, 6) is -1.27. The van der Waals surface area contributed by atoms with Gasteiger partial charge in [-0.05, 0) is 17.4 Å². The fourth-order valence-corrected chi connectivity index (χ4v) is 1.92. The Morgan fingerprint density at radius 2 is 1.74 bits per heavy atom. The first-order valence-corrected chi connectivity index (χ1v) is 6.49. The molecule has 2 unspecified atom stereocenters. The Morgan fingerprint density at radius 3 is 2.21 bits per heavy atom. The molecule has 0 aliphatic rings. The molecular weight excluding hydrogens is 242 g/mol. The van der Waals surface area contributed by atoms with Crippen LogP contribution >= 0.6 is 0 Å². The molecule has 0 saturated carbocycles. The summed E-state index contributed by atoms with van der Waals surface area (Å²) in [5.41, 5.74) is 1.08. The van der Waals surface area contributed by atoms with Crippen molar-refractivity contribution in [1.29, 1.82) is 0 Å². The number of carbonyl (C=O) groups is 2. The molecule has 0 aromatic heterocycles. The van der Waals surface area contributed by atoms with Crippen molar-refractivity contribution >= 4 is 11.9 Å². The number of carboxylic acids is 1. The second kappa shape index (κ2) is 6.92. The average Bonchev–Trinajstić information content (AvgIpc) is 2.36. The van der Waals surface area contributed by atoms with Gasteiger partial charge in [-0.1, -0.05) is 51.1 Å². The first-order valence-electron chi connectivity index (χ1n) is 6.49. The van der Waals surface area contributed by atoms with Gasteiger partial charge < -0.3 is 10.4 Å². The van der Waals surface area contributed by atoms with Crippen molar-refractivity contribution in [1.82, 2.24) is 5.32 Å². The summed E-state index contributed by atoms with van der Waals surface area (Å²) in [5, 5.41) is 11.6. The number of hydrogen-bond acceptors (Lipinski definition) is 2. The number of nitrogens with one attached hydrogen (secondary N) is 1. The number of rotatable bonds is 6. The van der Waals surface area contributed by atoms with Gasteiger partial charge >= 0.3 is 5.97 Å². The molecule has 1 aromatic rings. The molecule has 2 atom stereocenters. The largest absolute Gasteiger partial charge is 0.480 e. The van der Waals surface area contributed by atoms with E-state index in [0.29, 0.717) is 6.42 Å². The minimum atomic E-state index is -0.990. The van der Waals surface area contributed by atoms with Crippen molar-refractivity contribution in [3.05, 3.63) is 35.9 Å². The molecule has 2 N–H and O–H groups in total. The standard InChI is InChI=1S/C15H21NO3/c1-10(2)14(15(18)19)16-13(17)9-11(3)12-7-5-4-6-8-12/h4-8,10-11,14H,9H2,1-3H3,(H,16,17)(H,18,19). The molecule has 4 nitrogen and oxygen atoms in total. The number of benzene rings is 1. The third-order valence-electron chi connectivity index (χ3n) is 3.11. The van der Waals surface area contributed by atoms with Crippen molar-refractivity contribution in [2.75, 3.05) is 0 Å². The second-order valence-electron chi connectivity index (χ2n) is 5.14. The molecule has 19 heavy (non-hydrogen) atoms. The van der Waals surface area contributed by atoms with E-state index >= 15 is 0 Å². The Morgan fingerprint density at radius 1 is 1.16 bits per heavy atom. The number of carbonyl (C=O) groups excluding carboxylic acids is 1. The van der Waals surface area contributed by atoms with Crippen molar-refractivity contribution in [3.8, 4) is 0 Å². The second-order valence-corrected chi connectivity index (χ2v) is 5.14. The third-order valence-corrected chi connectivity index (χ3v) is 3.11. The molecular formula is C15H21NO3. The van der Waals surface area contributed by atoms with Crippen LogP contribution < -0.4 is 5.32 Å². The highest BCUT2D eigenvalue weighted by Crippen LogP contribution is 2.18. The van der Waals surface area contributed by atoms with Crippen molar-refractivity contribution in [3.63, 3.8) is 0 Å². The predicted molar refractivity (Wildman–Crippen MR) is 73.9 cm³/mol. The number of aliphatic carboxylic acids is 1. The minimum absolute atomic E-state index is 0.0720. The Bertz CT molecular complexity index is 428. The summed E-state index contributed by atoms with van der Waals surface area (Å²) >= 11 is 0. The topological polar surface area (TPSA) is 66.4 Å². The lowest BCUT2D eigenvalue weighted by Gasteiger charge is -2.19. The summed E-state index contributed by atoms with van der Waals surface area (Å²) < 4.78 is 0. The van der Waals surface area contributed by atoms with Crippen molar-refractivity contribution < 1.29 is 14.7 Å². The van der Waals surface area contributed by atoms with E-state index in [9.17, 15) is 9.59 Å². The Labute approximate surface area is 113 Å². The lowest BCUT2D eigenvalue weighted by molar-refractivity contribution is -0.143. The van der Waals surface area contributed by atoms with Crippen molar-refractivity contribution in [2.45, 2.75) is 39.2 Å². The molecule has 0 radical (unpaired) electrons. The minimum Gasteiger partial charge on any atom is -0.480 e. The summed E-state index contributed by atoms with van der Waals surface area (Å²) in [6.45, 7) is 5.51. The molecule has 0 saturated heterocycles. The van der Waals surface area contributed by atoms with E-state index < -0.39 is 12.0 Å². The Hall–Kier alpha value is -1.84.